The molecule has 3 rings (SSSR count). The summed E-state index contributed by atoms with van der Waals surface area (Å²) in [5, 5.41) is 15.5. The van der Waals surface area contributed by atoms with Gasteiger partial charge < -0.3 is 5.32 Å². The zero-order valence-corrected chi connectivity index (χ0v) is 12.2. The summed E-state index contributed by atoms with van der Waals surface area (Å²) < 4.78 is 1.95. The number of rotatable bonds is 6. The Morgan fingerprint density at radius 1 is 1.47 bits per heavy atom. The largest absolute Gasteiger partial charge is 0.307 e. The first kappa shape index (κ1) is 12.7. The number of hydrogen-bond donors (Lipinski definition) is 1. The van der Waals surface area contributed by atoms with Crippen LogP contribution in [0, 0.1) is 6.92 Å². The Morgan fingerprint density at radius 2 is 2.32 bits per heavy atom. The summed E-state index contributed by atoms with van der Waals surface area (Å²) in [7, 11) is 0. The molecule has 1 atom stereocenters. The quantitative estimate of drug-likeness (QED) is 0.878. The van der Waals surface area contributed by atoms with Crippen molar-refractivity contribution in [2.45, 2.75) is 51.7 Å². The van der Waals surface area contributed by atoms with Crippen LogP contribution in [0.25, 0.3) is 0 Å². The maximum Gasteiger partial charge on any atom is 0.165 e. The minimum absolute atomic E-state index is 0.295. The first-order valence-corrected chi connectivity index (χ1v) is 7.59. The second-order valence-electron chi connectivity index (χ2n) is 5.26. The highest BCUT2D eigenvalue weighted by atomic mass is 32.1. The van der Waals surface area contributed by atoms with E-state index in [2.05, 4.69) is 46.8 Å². The van der Waals surface area contributed by atoms with Crippen LogP contribution in [0.5, 0.6) is 0 Å². The Labute approximate surface area is 117 Å². The molecule has 1 aliphatic rings. The molecular weight excluding hydrogens is 258 g/mol. The molecule has 5 nitrogen and oxygen atoms in total. The van der Waals surface area contributed by atoms with Crippen molar-refractivity contribution in [3.8, 4) is 0 Å². The summed E-state index contributed by atoms with van der Waals surface area (Å²) in [5.74, 6) is 0.938. The molecule has 2 aromatic heterocycles. The van der Waals surface area contributed by atoms with Gasteiger partial charge in [-0.2, -0.15) is 0 Å². The van der Waals surface area contributed by atoms with Gasteiger partial charge in [0.1, 0.15) is 0 Å². The number of nitrogens with one attached hydrogen (secondary N) is 1. The lowest BCUT2D eigenvalue weighted by Gasteiger charge is -2.12. The zero-order valence-electron chi connectivity index (χ0n) is 11.3. The summed E-state index contributed by atoms with van der Waals surface area (Å²) >= 11 is 1.85. The van der Waals surface area contributed by atoms with Crippen molar-refractivity contribution < 1.29 is 0 Å². The number of aryl methyl sites for hydroxylation is 1. The van der Waals surface area contributed by atoms with Gasteiger partial charge in [0.05, 0.1) is 12.6 Å². The van der Waals surface area contributed by atoms with E-state index in [-0.39, 0.29) is 0 Å². The van der Waals surface area contributed by atoms with Gasteiger partial charge in [-0.3, -0.25) is 0 Å². The van der Waals surface area contributed by atoms with Crippen molar-refractivity contribution in [3.63, 3.8) is 0 Å². The van der Waals surface area contributed by atoms with Gasteiger partial charge in [0, 0.05) is 22.2 Å². The van der Waals surface area contributed by atoms with Crippen LogP contribution in [-0.2, 0) is 13.0 Å². The fourth-order valence-corrected chi connectivity index (χ4v) is 3.18. The summed E-state index contributed by atoms with van der Waals surface area (Å²) in [5.41, 5.74) is 0. The third-order valence-corrected chi connectivity index (χ3v) is 4.42. The van der Waals surface area contributed by atoms with Crippen LogP contribution in [0.1, 0.15) is 41.4 Å². The number of aromatic nitrogens is 4. The second-order valence-corrected chi connectivity index (χ2v) is 6.63. The minimum atomic E-state index is 0.295. The molecule has 0 aliphatic heterocycles. The molecule has 0 saturated heterocycles. The number of hydrogen-bond acceptors (Lipinski definition) is 5. The predicted molar refractivity (Wildman–Crippen MR) is 75.1 cm³/mol. The Balaban J connectivity index is 1.64. The van der Waals surface area contributed by atoms with Gasteiger partial charge in [0.2, 0.25) is 0 Å². The van der Waals surface area contributed by atoms with Crippen molar-refractivity contribution in [2.75, 3.05) is 0 Å². The van der Waals surface area contributed by atoms with Crippen LogP contribution in [0.15, 0.2) is 12.1 Å². The van der Waals surface area contributed by atoms with E-state index >= 15 is 0 Å². The number of nitrogens with zero attached hydrogens (tertiary/aromatic N) is 4. The first-order valence-electron chi connectivity index (χ1n) is 6.78. The van der Waals surface area contributed by atoms with Gasteiger partial charge in [-0.25, -0.2) is 4.68 Å². The van der Waals surface area contributed by atoms with Gasteiger partial charge >= 0.3 is 0 Å². The lowest BCUT2D eigenvalue weighted by molar-refractivity contribution is 0.450. The summed E-state index contributed by atoms with van der Waals surface area (Å²) in [6, 6.07) is 5.34. The maximum absolute atomic E-state index is 4.14. The van der Waals surface area contributed by atoms with Gasteiger partial charge in [0.25, 0.3) is 0 Å². The fourth-order valence-electron chi connectivity index (χ4n) is 2.17. The van der Waals surface area contributed by atoms with Crippen LogP contribution in [-0.4, -0.2) is 26.2 Å². The van der Waals surface area contributed by atoms with Crippen molar-refractivity contribution in [1.29, 1.82) is 0 Å². The van der Waals surface area contributed by atoms with Crippen LogP contribution >= 0.6 is 11.3 Å². The third-order valence-electron chi connectivity index (χ3n) is 3.40. The Hall–Kier alpha value is -1.27. The zero-order chi connectivity index (χ0) is 13.2. The molecule has 1 fully saturated rings. The van der Waals surface area contributed by atoms with Gasteiger partial charge in [-0.15, -0.1) is 16.4 Å². The summed E-state index contributed by atoms with van der Waals surface area (Å²) in [4.78, 5) is 2.75. The molecule has 0 radical (unpaired) electrons. The average molecular weight is 277 g/mol. The van der Waals surface area contributed by atoms with Gasteiger partial charge in [-0.05, 0) is 49.2 Å². The highest BCUT2D eigenvalue weighted by molar-refractivity contribution is 7.11. The van der Waals surface area contributed by atoms with Crippen LogP contribution < -0.4 is 5.32 Å². The van der Waals surface area contributed by atoms with E-state index in [0.29, 0.717) is 12.1 Å². The fraction of sp³-hybridized carbons (Fsp3) is 0.615. The molecule has 19 heavy (non-hydrogen) atoms. The Morgan fingerprint density at radius 3 is 3.00 bits per heavy atom. The SMILES string of the molecule is Cc1ccc(CC(C)n2nnnc2CNC2CC2)s1. The molecule has 1 aliphatic carbocycles. The molecule has 2 heterocycles. The van der Waals surface area contributed by atoms with Crippen LogP contribution in [0.3, 0.4) is 0 Å². The van der Waals surface area contributed by atoms with E-state index < -0.39 is 0 Å². The monoisotopic (exact) mass is 277 g/mol. The lowest BCUT2D eigenvalue weighted by Crippen LogP contribution is -2.21. The smallest absolute Gasteiger partial charge is 0.165 e. The number of thiophene rings is 1. The van der Waals surface area contributed by atoms with E-state index in [1.807, 2.05) is 16.0 Å². The lowest BCUT2D eigenvalue weighted by atomic mass is 10.2. The summed E-state index contributed by atoms with van der Waals surface area (Å²) in [6.45, 7) is 5.08. The molecule has 0 spiro atoms. The molecule has 1 saturated carbocycles. The van der Waals surface area contributed by atoms with E-state index in [1.54, 1.807) is 0 Å². The standard InChI is InChI=1S/C13H19N5S/c1-9(7-12-6-3-10(2)19-12)18-13(15-16-17-18)8-14-11-4-5-11/h3,6,9,11,14H,4-5,7-8H2,1-2H3. The van der Waals surface area contributed by atoms with E-state index in [1.165, 1.54) is 22.6 Å². The van der Waals surface area contributed by atoms with Crippen molar-refractivity contribution in [2.24, 2.45) is 0 Å². The summed E-state index contributed by atoms with van der Waals surface area (Å²) in [6.07, 6.45) is 3.55. The topological polar surface area (TPSA) is 55.6 Å². The molecule has 0 aromatic carbocycles. The first-order chi connectivity index (χ1) is 9.22. The molecule has 2 aromatic rings. The highest BCUT2D eigenvalue weighted by Crippen LogP contribution is 2.22. The molecule has 0 bridgehead atoms. The van der Waals surface area contributed by atoms with E-state index in [4.69, 9.17) is 0 Å². The molecule has 1 unspecified atom stereocenters. The maximum atomic E-state index is 4.14. The van der Waals surface area contributed by atoms with Gasteiger partial charge in [0.15, 0.2) is 5.82 Å². The molecule has 6 heteroatoms. The van der Waals surface area contributed by atoms with E-state index in [0.717, 1.165) is 18.8 Å². The van der Waals surface area contributed by atoms with Gasteiger partial charge in [-0.1, -0.05) is 0 Å². The third kappa shape index (κ3) is 3.19. The molecular formula is C13H19N5S. The molecule has 0 amide bonds. The molecule has 1 N–H and O–H groups in total. The Bertz CT molecular complexity index is 543. The molecule has 102 valence electrons. The van der Waals surface area contributed by atoms with Crippen LogP contribution in [0.4, 0.5) is 0 Å². The predicted octanol–water partition coefficient (Wildman–Crippen LogP) is 2.10. The minimum Gasteiger partial charge on any atom is -0.307 e. The van der Waals surface area contributed by atoms with Crippen molar-refractivity contribution in [3.05, 3.63) is 27.7 Å². The van der Waals surface area contributed by atoms with Crippen molar-refractivity contribution >= 4 is 11.3 Å². The second kappa shape index (κ2) is 5.38. The highest BCUT2D eigenvalue weighted by Gasteiger charge is 2.22. The van der Waals surface area contributed by atoms with Crippen molar-refractivity contribution in [1.82, 2.24) is 25.5 Å². The van der Waals surface area contributed by atoms with E-state index in [9.17, 15) is 0 Å². The normalized spacial score (nSPS) is 16.7. The Kier molecular flexibility index (Phi) is 3.61. The number of tetrazole rings is 1. The van der Waals surface area contributed by atoms with Crippen LogP contribution in [0.2, 0.25) is 0 Å². The average Bonchev–Trinajstić information content (AvgIpc) is 2.94.